The molecule has 21 heavy (non-hydrogen) atoms. The number of hydrogen-bond acceptors (Lipinski definition) is 3. The van der Waals surface area contributed by atoms with Crippen LogP contribution in [0.1, 0.15) is 37.3 Å². The molecule has 1 aromatic carbocycles. The van der Waals surface area contributed by atoms with Crippen molar-refractivity contribution in [1.82, 2.24) is 4.90 Å². The van der Waals surface area contributed by atoms with Gasteiger partial charge in [0.1, 0.15) is 0 Å². The van der Waals surface area contributed by atoms with Crippen LogP contribution >= 0.6 is 0 Å². The first-order chi connectivity index (χ1) is 10.1. The molecule has 1 aliphatic heterocycles. The topological polar surface area (TPSA) is 70.1 Å². The Morgan fingerprint density at radius 2 is 2.19 bits per heavy atom. The van der Waals surface area contributed by atoms with Crippen LogP contribution < -0.4 is 5.73 Å². The minimum atomic E-state index is -0.517. The van der Waals surface area contributed by atoms with Crippen molar-refractivity contribution in [2.75, 3.05) is 13.1 Å². The first-order valence-corrected chi connectivity index (χ1v) is 7.67. The predicted molar refractivity (Wildman–Crippen MR) is 82.4 cm³/mol. The van der Waals surface area contributed by atoms with Gasteiger partial charge in [-0.15, -0.1) is 0 Å². The minimum absolute atomic E-state index is 0.0342. The zero-order valence-corrected chi connectivity index (χ0v) is 12.6. The van der Waals surface area contributed by atoms with E-state index in [-0.39, 0.29) is 5.91 Å². The molecule has 2 N–H and O–H groups in total. The Morgan fingerprint density at radius 1 is 1.48 bits per heavy atom. The van der Waals surface area contributed by atoms with E-state index in [1.807, 2.05) is 17.0 Å². The van der Waals surface area contributed by atoms with Crippen LogP contribution in [-0.4, -0.2) is 29.9 Å². The van der Waals surface area contributed by atoms with Gasteiger partial charge in [0, 0.05) is 13.1 Å². The fraction of sp³-hybridized carbons (Fsp3) is 0.529. The number of nitriles is 1. The summed E-state index contributed by atoms with van der Waals surface area (Å²) < 4.78 is 0. The molecule has 2 rings (SSSR count). The largest absolute Gasteiger partial charge is 0.341 e. The van der Waals surface area contributed by atoms with Gasteiger partial charge in [0.25, 0.3) is 0 Å². The normalized spacial score (nSPS) is 17.3. The first kappa shape index (κ1) is 15.5. The van der Waals surface area contributed by atoms with E-state index in [1.54, 1.807) is 12.1 Å². The standard InChI is InChI=1S/C17H23N3O/c1-2-13-6-8-20(9-7-13)17(21)16(19)11-14-4-3-5-15(10-14)12-18/h3-5,10,13,16H,2,6-9,11,19H2,1H3/t16-/m0/s1. The molecule has 4 nitrogen and oxygen atoms in total. The lowest BCUT2D eigenvalue weighted by Gasteiger charge is -2.33. The van der Waals surface area contributed by atoms with Crippen LogP contribution in [0.25, 0.3) is 0 Å². The molecular weight excluding hydrogens is 262 g/mol. The Kier molecular flexibility index (Phi) is 5.35. The quantitative estimate of drug-likeness (QED) is 0.920. The second kappa shape index (κ2) is 7.24. The maximum absolute atomic E-state index is 12.4. The molecule has 0 saturated carbocycles. The van der Waals surface area contributed by atoms with Crippen LogP contribution in [0.15, 0.2) is 24.3 Å². The molecule has 112 valence electrons. The molecule has 1 fully saturated rings. The number of nitrogens with two attached hydrogens (primary N) is 1. The number of carbonyl (C=O) groups excluding carboxylic acids is 1. The number of amides is 1. The number of rotatable bonds is 4. The van der Waals surface area contributed by atoms with Crippen LogP contribution in [0.2, 0.25) is 0 Å². The molecular formula is C17H23N3O. The zero-order valence-electron chi connectivity index (χ0n) is 12.6. The van der Waals surface area contributed by atoms with Crippen molar-refractivity contribution in [1.29, 1.82) is 5.26 Å². The van der Waals surface area contributed by atoms with Gasteiger partial charge < -0.3 is 10.6 Å². The smallest absolute Gasteiger partial charge is 0.239 e. The zero-order chi connectivity index (χ0) is 15.2. The Hall–Kier alpha value is -1.86. The van der Waals surface area contributed by atoms with Crippen molar-refractivity contribution in [3.05, 3.63) is 35.4 Å². The van der Waals surface area contributed by atoms with Gasteiger partial charge in [-0.2, -0.15) is 5.26 Å². The van der Waals surface area contributed by atoms with E-state index in [0.717, 1.165) is 37.4 Å². The lowest BCUT2D eigenvalue weighted by Crippen LogP contribution is -2.48. The molecule has 0 bridgehead atoms. The first-order valence-electron chi connectivity index (χ1n) is 7.67. The molecule has 1 saturated heterocycles. The molecule has 4 heteroatoms. The minimum Gasteiger partial charge on any atom is -0.341 e. The number of piperidine rings is 1. The summed E-state index contributed by atoms with van der Waals surface area (Å²) in [7, 11) is 0. The Labute approximate surface area is 126 Å². The Bertz CT molecular complexity index is 527. The lowest BCUT2D eigenvalue weighted by atomic mass is 9.93. The van der Waals surface area contributed by atoms with Gasteiger partial charge in [0.15, 0.2) is 0 Å². The average Bonchev–Trinajstić information content (AvgIpc) is 2.54. The van der Waals surface area contributed by atoms with Crippen molar-refractivity contribution in [3.8, 4) is 6.07 Å². The van der Waals surface area contributed by atoms with Gasteiger partial charge in [-0.25, -0.2) is 0 Å². The number of hydrogen-bond donors (Lipinski definition) is 1. The number of nitrogens with zero attached hydrogens (tertiary/aromatic N) is 2. The van der Waals surface area contributed by atoms with E-state index in [4.69, 9.17) is 11.0 Å². The summed E-state index contributed by atoms with van der Waals surface area (Å²) in [4.78, 5) is 14.3. The molecule has 1 aliphatic rings. The van der Waals surface area contributed by atoms with Crippen molar-refractivity contribution in [3.63, 3.8) is 0 Å². The maximum Gasteiger partial charge on any atom is 0.239 e. The molecule has 1 atom stereocenters. The summed E-state index contributed by atoms with van der Waals surface area (Å²) >= 11 is 0. The van der Waals surface area contributed by atoms with Gasteiger partial charge in [-0.1, -0.05) is 25.5 Å². The third kappa shape index (κ3) is 4.05. The second-order valence-corrected chi connectivity index (χ2v) is 5.80. The maximum atomic E-state index is 12.4. The highest BCUT2D eigenvalue weighted by molar-refractivity contribution is 5.82. The van der Waals surface area contributed by atoms with Crippen molar-refractivity contribution < 1.29 is 4.79 Å². The van der Waals surface area contributed by atoms with E-state index in [1.165, 1.54) is 6.42 Å². The van der Waals surface area contributed by atoms with E-state index < -0.39 is 6.04 Å². The molecule has 1 amide bonds. The third-order valence-electron chi connectivity index (χ3n) is 4.33. The molecule has 1 heterocycles. The monoisotopic (exact) mass is 285 g/mol. The predicted octanol–water partition coefficient (Wildman–Crippen LogP) is 2.08. The lowest BCUT2D eigenvalue weighted by molar-refractivity contribution is -0.134. The van der Waals surface area contributed by atoms with E-state index in [2.05, 4.69) is 13.0 Å². The van der Waals surface area contributed by atoms with Crippen molar-refractivity contribution >= 4 is 5.91 Å². The van der Waals surface area contributed by atoms with Crippen LogP contribution in [0, 0.1) is 17.2 Å². The molecule has 0 spiro atoms. The van der Waals surface area contributed by atoms with E-state index in [9.17, 15) is 4.79 Å². The molecule has 1 aromatic rings. The summed E-state index contributed by atoms with van der Waals surface area (Å²) in [5.41, 5.74) is 7.61. The average molecular weight is 285 g/mol. The summed E-state index contributed by atoms with van der Waals surface area (Å²) in [6, 6.07) is 8.90. The number of benzene rings is 1. The Morgan fingerprint density at radius 3 is 2.81 bits per heavy atom. The highest BCUT2D eigenvalue weighted by atomic mass is 16.2. The van der Waals surface area contributed by atoms with E-state index in [0.29, 0.717) is 12.0 Å². The van der Waals surface area contributed by atoms with Crippen molar-refractivity contribution in [2.45, 2.75) is 38.6 Å². The number of carbonyl (C=O) groups is 1. The fourth-order valence-corrected chi connectivity index (χ4v) is 2.91. The second-order valence-electron chi connectivity index (χ2n) is 5.80. The van der Waals surface area contributed by atoms with Gasteiger partial charge >= 0.3 is 0 Å². The van der Waals surface area contributed by atoms with Crippen molar-refractivity contribution in [2.24, 2.45) is 11.7 Å². The molecule has 0 unspecified atom stereocenters. The molecule has 0 aliphatic carbocycles. The van der Waals surface area contributed by atoms with Crippen LogP contribution in [0.5, 0.6) is 0 Å². The molecule has 0 radical (unpaired) electrons. The fourth-order valence-electron chi connectivity index (χ4n) is 2.91. The highest BCUT2D eigenvalue weighted by Crippen LogP contribution is 2.20. The summed E-state index contributed by atoms with van der Waals surface area (Å²) in [6.45, 7) is 3.85. The SMILES string of the molecule is CCC1CCN(C(=O)[C@@H](N)Cc2cccc(C#N)c2)CC1. The third-order valence-corrected chi connectivity index (χ3v) is 4.33. The van der Waals surface area contributed by atoms with Crippen LogP contribution in [-0.2, 0) is 11.2 Å². The summed E-state index contributed by atoms with van der Waals surface area (Å²) in [5, 5.41) is 8.90. The molecule has 0 aromatic heterocycles. The van der Waals surface area contributed by atoms with Gasteiger partial charge in [-0.3, -0.25) is 4.79 Å². The Balaban J connectivity index is 1.92. The van der Waals surface area contributed by atoms with Crippen LogP contribution in [0.3, 0.4) is 0 Å². The summed E-state index contributed by atoms with van der Waals surface area (Å²) in [5.74, 6) is 0.782. The van der Waals surface area contributed by atoms with Gasteiger partial charge in [0.05, 0.1) is 17.7 Å². The summed E-state index contributed by atoms with van der Waals surface area (Å²) in [6.07, 6.45) is 3.84. The van der Waals surface area contributed by atoms with Crippen LogP contribution in [0.4, 0.5) is 0 Å². The van der Waals surface area contributed by atoms with Gasteiger partial charge in [0.2, 0.25) is 5.91 Å². The number of likely N-dealkylation sites (tertiary alicyclic amines) is 1. The van der Waals surface area contributed by atoms with Gasteiger partial charge in [-0.05, 0) is 42.9 Å². The van der Waals surface area contributed by atoms with E-state index >= 15 is 0 Å². The highest BCUT2D eigenvalue weighted by Gasteiger charge is 2.25.